The molecule has 1 N–H and O–H groups in total. The summed E-state index contributed by atoms with van der Waals surface area (Å²) in [5.74, 6) is 0.574. The molecular weight excluding hydrogens is 267 g/mol. The first-order valence-electron chi connectivity index (χ1n) is 6.88. The Morgan fingerprint density at radius 1 is 1.20 bits per heavy atom. The summed E-state index contributed by atoms with van der Waals surface area (Å²) in [5.41, 5.74) is 2.93. The van der Waals surface area contributed by atoms with Crippen LogP contribution in [0.3, 0.4) is 0 Å². The fourth-order valence-electron chi connectivity index (χ4n) is 2.19. The van der Waals surface area contributed by atoms with Crippen LogP contribution in [0.4, 0.5) is 13.2 Å². The van der Waals surface area contributed by atoms with Gasteiger partial charge < -0.3 is 10.1 Å². The Labute approximate surface area is 117 Å². The van der Waals surface area contributed by atoms with Crippen molar-refractivity contribution in [3.63, 3.8) is 0 Å². The molecule has 0 spiro atoms. The highest BCUT2D eigenvalue weighted by Crippen LogP contribution is 2.27. The fourth-order valence-corrected chi connectivity index (χ4v) is 2.19. The molecule has 1 aromatic rings. The van der Waals surface area contributed by atoms with Crippen LogP contribution in [-0.2, 0) is 6.54 Å². The maximum atomic E-state index is 12.1. The lowest BCUT2D eigenvalue weighted by atomic mass is 10.1. The maximum Gasteiger partial charge on any atom is 0.392 e. The molecule has 1 aliphatic rings. The first-order valence-corrected chi connectivity index (χ1v) is 6.88. The van der Waals surface area contributed by atoms with Gasteiger partial charge in [-0.15, -0.1) is 0 Å². The first-order chi connectivity index (χ1) is 9.35. The van der Waals surface area contributed by atoms with Crippen molar-refractivity contribution in [2.45, 2.75) is 51.9 Å². The highest BCUT2D eigenvalue weighted by Gasteiger charge is 2.27. The Balaban J connectivity index is 1.94. The van der Waals surface area contributed by atoms with E-state index >= 15 is 0 Å². The SMILES string of the molecule is Cc1cc(CNC2CC2)cc(C)c1OCCC(F)(F)F. The van der Waals surface area contributed by atoms with E-state index in [1.54, 1.807) is 0 Å². The van der Waals surface area contributed by atoms with E-state index in [1.807, 2.05) is 26.0 Å². The van der Waals surface area contributed by atoms with Gasteiger partial charge in [-0.05, 0) is 43.4 Å². The molecule has 0 bridgehead atoms. The molecule has 2 rings (SSSR count). The zero-order valence-corrected chi connectivity index (χ0v) is 11.8. The molecule has 0 unspecified atom stereocenters. The lowest BCUT2D eigenvalue weighted by molar-refractivity contribution is -0.139. The second-order valence-corrected chi connectivity index (χ2v) is 5.43. The third-order valence-corrected chi connectivity index (χ3v) is 3.32. The summed E-state index contributed by atoms with van der Waals surface area (Å²) < 4.78 is 41.6. The molecule has 1 saturated carbocycles. The van der Waals surface area contributed by atoms with Crippen LogP contribution in [0.15, 0.2) is 12.1 Å². The van der Waals surface area contributed by atoms with E-state index in [0.717, 1.165) is 23.2 Å². The van der Waals surface area contributed by atoms with Crippen LogP contribution in [0.25, 0.3) is 0 Å². The van der Waals surface area contributed by atoms with E-state index in [9.17, 15) is 13.2 Å². The number of hydrogen-bond donors (Lipinski definition) is 1. The van der Waals surface area contributed by atoms with Crippen LogP contribution in [0.2, 0.25) is 0 Å². The number of aryl methyl sites for hydroxylation is 2. The van der Waals surface area contributed by atoms with E-state index in [4.69, 9.17) is 4.74 Å². The highest BCUT2D eigenvalue weighted by molar-refractivity contribution is 5.43. The van der Waals surface area contributed by atoms with Crippen LogP contribution in [0, 0.1) is 13.8 Å². The minimum Gasteiger partial charge on any atom is -0.493 e. The number of halogens is 3. The van der Waals surface area contributed by atoms with Crippen molar-refractivity contribution < 1.29 is 17.9 Å². The van der Waals surface area contributed by atoms with E-state index in [-0.39, 0.29) is 6.61 Å². The van der Waals surface area contributed by atoms with Crippen molar-refractivity contribution in [3.8, 4) is 5.75 Å². The van der Waals surface area contributed by atoms with Gasteiger partial charge in [0, 0.05) is 12.6 Å². The van der Waals surface area contributed by atoms with Gasteiger partial charge in [0.05, 0.1) is 13.0 Å². The average Bonchev–Trinajstić information content (AvgIpc) is 3.12. The molecule has 1 fully saturated rings. The highest BCUT2D eigenvalue weighted by atomic mass is 19.4. The number of benzene rings is 1. The summed E-state index contributed by atoms with van der Waals surface area (Å²) in [5, 5.41) is 3.42. The summed E-state index contributed by atoms with van der Waals surface area (Å²) >= 11 is 0. The fraction of sp³-hybridized carbons (Fsp3) is 0.600. The van der Waals surface area contributed by atoms with E-state index < -0.39 is 12.6 Å². The number of rotatable bonds is 6. The monoisotopic (exact) mass is 287 g/mol. The first kappa shape index (κ1) is 15.2. The summed E-state index contributed by atoms with van der Waals surface area (Å²) in [7, 11) is 0. The van der Waals surface area contributed by atoms with Crippen LogP contribution in [0.5, 0.6) is 5.75 Å². The molecule has 0 amide bonds. The van der Waals surface area contributed by atoms with Crippen molar-refractivity contribution in [1.29, 1.82) is 0 Å². The Morgan fingerprint density at radius 3 is 2.30 bits per heavy atom. The standard InChI is InChI=1S/C15H20F3NO/c1-10-7-12(9-19-13-3-4-13)8-11(2)14(10)20-6-5-15(16,17)18/h7-8,13,19H,3-6,9H2,1-2H3. The van der Waals surface area contributed by atoms with E-state index in [1.165, 1.54) is 12.8 Å². The molecule has 1 aliphatic carbocycles. The van der Waals surface area contributed by atoms with Gasteiger partial charge >= 0.3 is 6.18 Å². The predicted molar refractivity (Wildman–Crippen MR) is 71.9 cm³/mol. The Morgan fingerprint density at radius 2 is 1.80 bits per heavy atom. The lowest BCUT2D eigenvalue weighted by Gasteiger charge is -2.15. The summed E-state index contributed by atoms with van der Waals surface area (Å²) in [6.07, 6.45) is -2.62. The molecule has 5 heteroatoms. The van der Waals surface area contributed by atoms with Gasteiger partial charge in [0.25, 0.3) is 0 Å². The van der Waals surface area contributed by atoms with Gasteiger partial charge in [-0.3, -0.25) is 0 Å². The van der Waals surface area contributed by atoms with E-state index in [2.05, 4.69) is 5.32 Å². The van der Waals surface area contributed by atoms with Gasteiger partial charge in [0.1, 0.15) is 5.75 Å². The molecule has 0 heterocycles. The zero-order valence-electron chi connectivity index (χ0n) is 11.8. The molecule has 0 aromatic heterocycles. The van der Waals surface area contributed by atoms with Gasteiger partial charge in [0.2, 0.25) is 0 Å². The van der Waals surface area contributed by atoms with Gasteiger partial charge in [-0.1, -0.05) is 12.1 Å². The average molecular weight is 287 g/mol. The Bertz CT molecular complexity index is 444. The van der Waals surface area contributed by atoms with Crippen LogP contribution < -0.4 is 10.1 Å². The van der Waals surface area contributed by atoms with Crippen LogP contribution in [-0.4, -0.2) is 18.8 Å². The van der Waals surface area contributed by atoms with Crippen molar-refractivity contribution in [1.82, 2.24) is 5.32 Å². The van der Waals surface area contributed by atoms with Crippen LogP contribution >= 0.6 is 0 Å². The second-order valence-electron chi connectivity index (χ2n) is 5.43. The molecule has 0 atom stereocenters. The van der Waals surface area contributed by atoms with Crippen molar-refractivity contribution in [2.75, 3.05) is 6.61 Å². The molecule has 112 valence electrons. The smallest absolute Gasteiger partial charge is 0.392 e. The minimum absolute atomic E-state index is 0.329. The third kappa shape index (κ3) is 4.71. The topological polar surface area (TPSA) is 21.3 Å². The Hall–Kier alpha value is -1.23. The van der Waals surface area contributed by atoms with Gasteiger partial charge in [0.15, 0.2) is 0 Å². The second kappa shape index (κ2) is 6.04. The molecule has 1 aromatic carbocycles. The number of nitrogens with one attached hydrogen (secondary N) is 1. The van der Waals surface area contributed by atoms with Crippen molar-refractivity contribution >= 4 is 0 Å². The van der Waals surface area contributed by atoms with E-state index in [0.29, 0.717) is 11.8 Å². The summed E-state index contributed by atoms with van der Waals surface area (Å²) in [6.45, 7) is 4.22. The lowest BCUT2D eigenvalue weighted by Crippen LogP contribution is -2.16. The van der Waals surface area contributed by atoms with Crippen molar-refractivity contribution in [2.24, 2.45) is 0 Å². The van der Waals surface area contributed by atoms with Crippen molar-refractivity contribution in [3.05, 3.63) is 28.8 Å². The molecule has 0 aliphatic heterocycles. The maximum absolute atomic E-state index is 12.1. The molecule has 0 saturated heterocycles. The number of ether oxygens (including phenoxy) is 1. The largest absolute Gasteiger partial charge is 0.493 e. The predicted octanol–water partition coefficient (Wildman–Crippen LogP) is 3.89. The molecule has 20 heavy (non-hydrogen) atoms. The third-order valence-electron chi connectivity index (χ3n) is 3.32. The van der Waals surface area contributed by atoms with Gasteiger partial charge in [-0.25, -0.2) is 0 Å². The normalized spacial score (nSPS) is 15.4. The Kier molecular flexibility index (Phi) is 4.58. The van der Waals surface area contributed by atoms with Crippen LogP contribution in [0.1, 0.15) is 36.0 Å². The number of alkyl halides is 3. The number of hydrogen-bond acceptors (Lipinski definition) is 2. The molecule has 0 radical (unpaired) electrons. The van der Waals surface area contributed by atoms with Gasteiger partial charge in [-0.2, -0.15) is 13.2 Å². The zero-order chi connectivity index (χ0) is 14.8. The summed E-state index contributed by atoms with van der Waals surface area (Å²) in [4.78, 5) is 0. The molecule has 2 nitrogen and oxygen atoms in total. The summed E-state index contributed by atoms with van der Waals surface area (Å²) in [6, 6.07) is 4.59. The quantitative estimate of drug-likeness (QED) is 0.857. The molecular formula is C15H20F3NO. The minimum atomic E-state index is -4.17.